The summed E-state index contributed by atoms with van der Waals surface area (Å²) in [6.07, 6.45) is 13.7. The topological polar surface area (TPSA) is 61.1 Å². The normalized spacial score (nSPS) is 31.1. The Morgan fingerprint density at radius 3 is 2.58 bits per heavy atom. The Labute approximate surface area is 147 Å². The van der Waals surface area contributed by atoms with Crippen molar-refractivity contribution < 1.29 is 9.90 Å². The molecule has 2 aliphatic rings. The Bertz CT molecular complexity index is 447. The number of nitrogens with zero attached hydrogens (tertiary/aromatic N) is 1. The van der Waals surface area contributed by atoms with Gasteiger partial charge in [-0.3, -0.25) is 4.79 Å². The first-order valence-electron chi connectivity index (χ1n) is 10.1. The largest absolute Gasteiger partial charge is 0.481 e. The Morgan fingerprint density at radius 2 is 2.00 bits per heavy atom. The van der Waals surface area contributed by atoms with Crippen molar-refractivity contribution in [2.45, 2.75) is 90.9 Å². The van der Waals surface area contributed by atoms with Crippen LogP contribution in [0.15, 0.2) is 0 Å². The van der Waals surface area contributed by atoms with E-state index in [4.69, 9.17) is 0 Å². The maximum Gasteiger partial charge on any atom is 0.303 e. The fourth-order valence-electron chi connectivity index (χ4n) is 5.71. The molecule has 0 saturated heterocycles. The molecule has 24 heavy (non-hydrogen) atoms. The maximum atomic E-state index is 11.3. The molecule has 0 aliphatic heterocycles. The van der Waals surface area contributed by atoms with Crippen LogP contribution in [0.5, 0.6) is 0 Å². The fourth-order valence-corrected chi connectivity index (χ4v) is 5.71. The monoisotopic (exact) mass is 333 g/mol. The van der Waals surface area contributed by atoms with E-state index in [0.717, 1.165) is 19.3 Å². The van der Waals surface area contributed by atoms with Crippen molar-refractivity contribution in [2.75, 3.05) is 0 Å². The van der Waals surface area contributed by atoms with Crippen LogP contribution in [0, 0.1) is 40.4 Å². The lowest BCUT2D eigenvalue weighted by molar-refractivity contribution is -0.139. The van der Waals surface area contributed by atoms with Gasteiger partial charge in [0, 0.05) is 12.3 Å². The van der Waals surface area contributed by atoms with E-state index in [1.807, 2.05) is 0 Å². The smallest absolute Gasteiger partial charge is 0.303 e. The number of hydrogen-bond donors (Lipinski definition) is 1. The summed E-state index contributed by atoms with van der Waals surface area (Å²) in [5.41, 5.74) is 0.376. The van der Waals surface area contributed by atoms with E-state index < -0.39 is 5.97 Å². The molecule has 0 aromatic heterocycles. The van der Waals surface area contributed by atoms with Crippen LogP contribution < -0.4 is 0 Å². The number of carboxylic acid groups (broad SMARTS) is 1. The average molecular weight is 334 g/mol. The number of aliphatic carboxylic acids is 1. The minimum absolute atomic E-state index is 0.184. The minimum Gasteiger partial charge on any atom is -0.481 e. The summed E-state index contributed by atoms with van der Waals surface area (Å²) < 4.78 is 0. The lowest BCUT2D eigenvalue weighted by Gasteiger charge is -2.51. The van der Waals surface area contributed by atoms with Gasteiger partial charge in [0.15, 0.2) is 0 Å². The van der Waals surface area contributed by atoms with Crippen molar-refractivity contribution in [1.29, 1.82) is 5.26 Å². The van der Waals surface area contributed by atoms with Crippen LogP contribution in [-0.2, 0) is 4.79 Å². The van der Waals surface area contributed by atoms with Gasteiger partial charge < -0.3 is 5.11 Å². The predicted molar refractivity (Wildman–Crippen MR) is 96.4 cm³/mol. The molecule has 136 valence electrons. The molecule has 4 unspecified atom stereocenters. The molecule has 0 bridgehead atoms. The van der Waals surface area contributed by atoms with Crippen LogP contribution in [0.25, 0.3) is 0 Å². The molecule has 2 saturated carbocycles. The SMILES string of the molecule is CCCCC1(C2CC(C#N)CCC2C(C)CC(=O)O)CCCCC1. The van der Waals surface area contributed by atoms with Gasteiger partial charge >= 0.3 is 5.97 Å². The summed E-state index contributed by atoms with van der Waals surface area (Å²) in [6, 6.07) is 2.53. The molecule has 2 rings (SSSR count). The van der Waals surface area contributed by atoms with Crippen molar-refractivity contribution in [3.8, 4) is 6.07 Å². The van der Waals surface area contributed by atoms with Crippen molar-refractivity contribution in [1.82, 2.24) is 0 Å². The number of carboxylic acids is 1. The summed E-state index contributed by atoms with van der Waals surface area (Å²) >= 11 is 0. The van der Waals surface area contributed by atoms with Crippen LogP contribution in [-0.4, -0.2) is 11.1 Å². The third kappa shape index (κ3) is 4.52. The van der Waals surface area contributed by atoms with Crippen molar-refractivity contribution in [3.63, 3.8) is 0 Å². The summed E-state index contributed by atoms with van der Waals surface area (Å²) in [5.74, 6) is 0.781. The Kier molecular flexibility index (Phi) is 7.14. The lowest BCUT2D eigenvalue weighted by atomic mass is 9.53. The van der Waals surface area contributed by atoms with E-state index in [0.29, 0.717) is 17.3 Å². The Morgan fingerprint density at radius 1 is 1.29 bits per heavy atom. The molecule has 0 amide bonds. The molecule has 0 spiro atoms. The van der Waals surface area contributed by atoms with Gasteiger partial charge in [0.25, 0.3) is 0 Å². The van der Waals surface area contributed by atoms with E-state index in [2.05, 4.69) is 19.9 Å². The fraction of sp³-hybridized carbons (Fsp3) is 0.905. The molecular formula is C21H35NO2. The highest BCUT2D eigenvalue weighted by molar-refractivity contribution is 5.67. The van der Waals surface area contributed by atoms with Crippen LogP contribution in [0.2, 0.25) is 0 Å². The standard InChI is InChI=1S/C21H35NO2/c1-3-4-10-21(11-6-5-7-12-21)19-14-17(15-22)8-9-18(19)16(2)13-20(23)24/h16-19H,3-14H2,1-2H3,(H,23,24). The predicted octanol–water partition coefficient (Wildman–Crippen LogP) is 5.79. The minimum atomic E-state index is -0.671. The highest BCUT2D eigenvalue weighted by Gasteiger charge is 2.47. The summed E-state index contributed by atoms with van der Waals surface area (Å²) in [5, 5.41) is 18.8. The van der Waals surface area contributed by atoms with E-state index in [1.54, 1.807) is 0 Å². The molecule has 4 atom stereocenters. The number of unbranched alkanes of at least 4 members (excludes halogenated alkanes) is 1. The van der Waals surface area contributed by atoms with Gasteiger partial charge in [0.05, 0.1) is 6.07 Å². The highest BCUT2D eigenvalue weighted by Crippen LogP contribution is 2.56. The van der Waals surface area contributed by atoms with E-state index >= 15 is 0 Å². The number of hydrogen-bond acceptors (Lipinski definition) is 2. The van der Waals surface area contributed by atoms with Crippen LogP contribution in [0.1, 0.15) is 90.9 Å². The zero-order chi connectivity index (χ0) is 17.6. The van der Waals surface area contributed by atoms with Gasteiger partial charge in [-0.25, -0.2) is 0 Å². The van der Waals surface area contributed by atoms with E-state index in [1.165, 1.54) is 51.4 Å². The lowest BCUT2D eigenvalue weighted by Crippen LogP contribution is -2.43. The van der Waals surface area contributed by atoms with Crippen molar-refractivity contribution in [2.24, 2.45) is 29.1 Å². The highest BCUT2D eigenvalue weighted by atomic mass is 16.4. The first-order valence-corrected chi connectivity index (χ1v) is 10.1. The van der Waals surface area contributed by atoms with Crippen LogP contribution >= 0.6 is 0 Å². The third-order valence-electron chi connectivity index (χ3n) is 6.98. The summed E-state index contributed by atoms with van der Waals surface area (Å²) in [4.78, 5) is 11.3. The molecule has 2 fully saturated rings. The van der Waals surface area contributed by atoms with Crippen LogP contribution in [0.4, 0.5) is 0 Å². The van der Waals surface area contributed by atoms with Gasteiger partial charge in [-0.1, -0.05) is 46.0 Å². The Balaban J connectivity index is 2.25. The van der Waals surface area contributed by atoms with Crippen LogP contribution in [0.3, 0.4) is 0 Å². The quantitative estimate of drug-likeness (QED) is 0.641. The summed E-state index contributed by atoms with van der Waals surface area (Å²) in [7, 11) is 0. The summed E-state index contributed by atoms with van der Waals surface area (Å²) in [6.45, 7) is 4.40. The molecule has 3 heteroatoms. The van der Waals surface area contributed by atoms with Gasteiger partial charge in [-0.05, 0) is 61.7 Å². The second-order valence-corrected chi connectivity index (χ2v) is 8.51. The van der Waals surface area contributed by atoms with Gasteiger partial charge in [0.2, 0.25) is 0 Å². The number of rotatable bonds is 7. The zero-order valence-electron chi connectivity index (χ0n) is 15.6. The second-order valence-electron chi connectivity index (χ2n) is 8.51. The molecule has 0 heterocycles. The molecule has 1 N–H and O–H groups in total. The van der Waals surface area contributed by atoms with E-state index in [9.17, 15) is 15.2 Å². The van der Waals surface area contributed by atoms with Crippen molar-refractivity contribution in [3.05, 3.63) is 0 Å². The molecule has 0 radical (unpaired) electrons. The van der Waals surface area contributed by atoms with Gasteiger partial charge in [0.1, 0.15) is 0 Å². The number of carbonyl (C=O) groups is 1. The third-order valence-corrected chi connectivity index (χ3v) is 6.98. The maximum absolute atomic E-state index is 11.3. The molecular weight excluding hydrogens is 298 g/mol. The van der Waals surface area contributed by atoms with E-state index in [-0.39, 0.29) is 18.3 Å². The Hall–Kier alpha value is -1.04. The first-order chi connectivity index (χ1) is 11.5. The second kappa shape index (κ2) is 8.88. The van der Waals surface area contributed by atoms with Gasteiger partial charge in [-0.2, -0.15) is 5.26 Å². The number of nitriles is 1. The molecule has 0 aromatic rings. The average Bonchev–Trinajstić information content (AvgIpc) is 2.59. The molecule has 2 aliphatic carbocycles. The first kappa shape index (κ1) is 19.3. The molecule has 3 nitrogen and oxygen atoms in total. The molecule has 0 aromatic carbocycles. The van der Waals surface area contributed by atoms with Gasteiger partial charge in [-0.15, -0.1) is 0 Å². The van der Waals surface area contributed by atoms with Crippen molar-refractivity contribution >= 4 is 5.97 Å². The zero-order valence-corrected chi connectivity index (χ0v) is 15.6.